The van der Waals surface area contributed by atoms with Crippen LogP contribution in [0.15, 0.2) is 0 Å². The van der Waals surface area contributed by atoms with E-state index in [9.17, 15) is 83.1 Å². The van der Waals surface area contributed by atoms with Gasteiger partial charge in [0.25, 0.3) is 6.43 Å². The largest absolute Gasteiger partial charge is 0.438 e. The van der Waals surface area contributed by atoms with E-state index >= 15 is 0 Å². The molecule has 0 aromatic carbocycles. The third kappa shape index (κ3) is 3.44. The zero-order valence-electron chi connectivity index (χ0n) is 12.8. The third-order valence-electron chi connectivity index (χ3n) is 3.25. The average Bonchev–Trinajstić information content (AvgIpc) is 2.51. The SMILES string of the molecule is O=S(=O)(O)C(F)(F)C(F)(F)C(F)(F)C(F)(F)C(F)(F)C(F)(F)C(F)(F)C(F)C(F)F. The van der Waals surface area contributed by atoms with Crippen LogP contribution in [0.4, 0.5) is 74.6 Å². The Hall–Kier alpha value is -1.28. The molecule has 0 fully saturated rings. The Morgan fingerprint density at radius 1 is 0.533 bits per heavy atom. The molecule has 182 valence electrons. The molecule has 0 bridgehead atoms. The summed E-state index contributed by atoms with van der Waals surface area (Å²) in [6, 6.07) is 0. The average molecular weight is 514 g/mol. The molecule has 0 aromatic rings. The van der Waals surface area contributed by atoms with Gasteiger partial charge in [-0.3, -0.25) is 4.55 Å². The van der Waals surface area contributed by atoms with Crippen LogP contribution in [0, 0.1) is 0 Å². The van der Waals surface area contributed by atoms with Crippen molar-refractivity contribution in [1.29, 1.82) is 0 Å². The van der Waals surface area contributed by atoms with Gasteiger partial charge in [0.1, 0.15) is 0 Å². The first-order valence-corrected chi connectivity index (χ1v) is 7.58. The summed E-state index contributed by atoms with van der Waals surface area (Å²) in [5.41, 5.74) is 0. The second kappa shape index (κ2) is 7.12. The first-order chi connectivity index (χ1) is 12.6. The zero-order valence-corrected chi connectivity index (χ0v) is 13.6. The number of hydrogen-bond donors (Lipinski definition) is 1. The van der Waals surface area contributed by atoms with E-state index in [1.807, 2.05) is 0 Å². The van der Waals surface area contributed by atoms with Crippen molar-refractivity contribution in [2.45, 2.75) is 53.4 Å². The van der Waals surface area contributed by atoms with Crippen molar-refractivity contribution in [3.8, 4) is 0 Å². The van der Waals surface area contributed by atoms with Crippen molar-refractivity contribution in [1.82, 2.24) is 0 Å². The fraction of sp³-hybridized carbons (Fsp3) is 1.00. The molecule has 0 aromatic heterocycles. The third-order valence-corrected chi connectivity index (χ3v) is 4.16. The van der Waals surface area contributed by atoms with Gasteiger partial charge >= 0.3 is 50.9 Å². The van der Waals surface area contributed by atoms with Crippen LogP contribution >= 0.6 is 0 Å². The van der Waals surface area contributed by atoms with Gasteiger partial charge in [-0.2, -0.15) is 69.9 Å². The molecule has 30 heavy (non-hydrogen) atoms. The molecule has 0 aliphatic heterocycles. The molecule has 0 aliphatic carbocycles. The highest BCUT2D eigenvalue weighted by atomic mass is 32.2. The van der Waals surface area contributed by atoms with E-state index < -0.39 is 63.5 Å². The smallest absolute Gasteiger partial charge is 0.281 e. The van der Waals surface area contributed by atoms with Crippen molar-refractivity contribution in [3.63, 3.8) is 0 Å². The highest BCUT2D eigenvalue weighted by molar-refractivity contribution is 7.87. The Balaban J connectivity index is 6.85. The van der Waals surface area contributed by atoms with Crippen LogP contribution in [0.5, 0.6) is 0 Å². The van der Waals surface area contributed by atoms with Gasteiger partial charge in [-0.25, -0.2) is 13.2 Å². The van der Waals surface area contributed by atoms with Crippen molar-refractivity contribution < 1.29 is 87.6 Å². The number of alkyl halides is 17. The second-order valence-electron chi connectivity index (χ2n) is 5.22. The molecule has 0 saturated carbocycles. The van der Waals surface area contributed by atoms with Crippen molar-refractivity contribution in [2.24, 2.45) is 0 Å². The van der Waals surface area contributed by atoms with E-state index in [0.29, 0.717) is 0 Å². The maximum absolute atomic E-state index is 13.2. The summed E-state index contributed by atoms with van der Waals surface area (Å²) in [7, 11) is -7.87. The van der Waals surface area contributed by atoms with Gasteiger partial charge in [-0.15, -0.1) is 0 Å². The van der Waals surface area contributed by atoms with Crippen LogP contribution in [0.1, 0.15) is 0 Å². The fourth-order valence-electron chi connectivity index (χ4n) is 1.48. The molecule has 1 N–H and O–H groups in total. The molecule has 21 heteroatoms. The maximum Gasteiger partial charge on any atom is 0.438 e. The van der Waals surface area contributed by atoms with E-state index in [4.69, 9.17) is 4.55 Å². The summed E-state index contributed by atoms with van der Waals surface area (Å²) in [5.74, 6) is -50.7. The summed E-state index contributed by atoms with van der Waals surface area (Å²) in [4.78, 5) is 0. The lowest BCUT2D eigenvalue weighted by atomic mass is 9.90. The lowest BCUT2D eigenvalue weighted by Crippen LogP contribution is -2.74. The van der Waals surface area contributed by atoms with E-state index in [1.165, 1.54) is 0 Å². The number of halogens is 17. The lowest BCUT2D eigenvalue weighted by Gasteiger charge is -2.42. The Labute approximate surface area is 152 Å². The Bertz CT molecular complexity index is 742. The van der Waals surface area contributed by atoms with Crippen LogP contribution in [-0.4, -0.2) is 66.4 Å². The standard InChI is InChI=1S/C9H3F17O3S/c10-1(2(11)12)3(13,14)4(15,16)5(17,18)6(19,20)7(21,22)8(23,24)9(25,26)30(27,28)29/h1-2H,(H,27,28,29). The molecule has 3 nitrogen and oxygen atoms in total. The van der Waals surface area contributed by atoms with Gasteiger partial charge in [-0.1, -0.05) is 0 Å². The normalized spacial score (nSPS) is 17.4. The van der Waals surface area contributed by atoms with Gasteiger partial charge in [0.2, 0.25) is 6.17 Å². The molecule has 1 unspecified atom stereocenters. The second-order valence-corrected chi connectivity index (χ2v) is 6.69. The minimum absolute atomic E-state index is 5.36. The van der Waals surface area contributed by atoms with Crippen molar-refractivity contribution in [3.05, 3.63) is 0 Å². The molecule has 0 radical (unpaired) electrons. The zero-order chi connectivity index (χ0) is 25.2. The first kappa shape index (κ1) is 28.7. The molecular weight excluding hydrogens is 511 g/mol. The molecule has 0 amide bonds. The number of rotatable bonds is 9. The minimum atomic E-state index is -8.80. The van der Waals surface area contributed by atoms with Gasteiger partial charge in [0.05, 0.1) is 0 Å². The predicted octanol–water partition coefficient (Wildman–Crippen LogP) is 4.88. The van der Waals surface area contributed by atoms with Gasteiger partial charge in [0.15, 0.2) is 0 Å². The molecule has 0 aliphatic rings. The summed E-state index contributed by atoms with van der Waals surface area (Å²) in [6.45, 7) is 0. The van der Waals surface area contributed by atoms with E-state index in [2.05, 4.69) is 0 Å². The Morgan fingerprint density at radius 2 is 0.800 bits per heavy atom. The molecular formula is C9H3F17O3S. The highest BCUT2D eigenvalue weighted by Crippen LogP contribution is 2.63. The molecule has 0 heterocycles. The summed E-state index contributed by atoms with van der Waals surface area (Å²) in [6.07, 6.45) is -11.1. The first-order valence-electron chi connectivity index (χ1n) is 6.14. The van der Waals surface area contributed by atoms with Gasteiger partial charge < -0.3 is 0 Å². The quantitative estimate of drug-likeness (QED) is 0.353. The van der Waals surface area contributed by atoms with Gasteiger partial charge in [0, 0.05) is 0 Å². The van der Waals surface area contributed by atoms with E-state index in [0.717, 1.165) is 0 Å². The molecule has 0 spiro atoms. The predicted molar refractivity (Wildman–Crippen MR) is 57.1 cm³/mol. The van der Waals surface area contributed by atoms with Gasteiger partial charge in [-0.05, 0) is 0 Å². The van der Waals surface area contributed by atoms with Crippen LogP contribution in [0.25, 0.3) is 0 Å². The molecule has 1 atom stereocenters. The summed E-state index contributed by atoms with van der Waals surface area (Å²) in [5, 5.41) is -7.81. The fourth-order valence-corrected chi connectivity index (χ4v) is 1.93. The van der Waals surface area contributed by atoms with Crippen LogP contribution in [0.2, 0.25) is 0 Å². The van der Waals surface area contributed by atoms with E-state index in [-0.39, 0.29) is 0 Å². The van der Waals surface area contributed by atoms with Crippen molar-refractivity contribution in [2.75, 3.05) is 0 Å². The Morgan fingerprint density at radius 3 is 1.07 bits per heavy atom. The van der Waals surface area contributed by atoms with Crippen LogP contribution in [0.3, 0.4) is 0 Å². The maximum atomic E-state index is 13.2. The lowest BCUT2D eigenvalue weighted by molar-refractivity contribution is -0.440. The minimum Gasteiger partial charge on any atom is -0.281 e. The highest BCUT2D eigenvalue weighted by Gasteiger charge is 2.94. The molecule has 0 saturated heterocycles. The summed E-state index contributed by atoms with van der Waals surface area (Å²) >= 11 is 0. The monoisotopic (exact) mass is 514 g/mol. The Kier molecular flexibility index (Phi) is 6.82. The summed E-state index contributed by atoms with van der Waals surface area (Å²) < 4.78 is 246. The van der Waals surface area contributed by atoms with Crippen molar-refractivity contribution >= 4 is 10.1 Å². The van der Waals surface area contributed by atoms with Crippen LogP contribution < -0.4 is 0 Å². The number of hydrogen-bond acceptors (Lipinski definition) is 2. The van der Waals surface area contributed by atoms with Crippen LogP contribution in [-0.2, 0) is 10.1 Å². The van der Waals surface area contributed by atoms with E-state index in [1.54, 1.807) is 0 Å². The topological polar surface area (TPSA) is 54.4 Å². The molecule has 0 rings (SSSR count).